The zero-order chi connectivity index (χ0) is 26.0. The van der Waals surface area contributed by atoms with Gasteiger partial charge in [0.1, 0.15) is 5.65 Å². The van der Waals surface area contributed by atoms with Gasteiger partial charge in [-0.2, -0.15) is 0 Å². The van der Waals surface area contributed by atoms with Crippen LogP contribution in [0.1, 0.15) is 0 Å². The number of pyridine rings is 1. The van der Waals surface area contributed by atoms with E-state index in [0.717, 1.165) is 54.3 Å². The van der Waals surface area contributed by atoms with Crippen LogP contribution < -0.4 is 15.9 Å². The minimum atomic E-state index is -3.13. The summed E-state index contributed by atoms with van der Waals surface area (Å²) in [5, 5.41) is 8.23. The Morgan fingerprint density at radius 1 is 0.513 bits per heavy atom. The Hall–Kier alpha value is -4.72. The highest BCUT2D eigenvalue weighted by atomic mass is 31.2. The fraction of sp³-hybridized carbons (Fsp3) is 0. The molecule has 0 amide bonds. The fourth-order valence-electron chi connectivity index (χ4n) is 6.03. The third-order valence-corrected chi connectivity index (χ3v) is 10.9. The second kappa shape index (κ2) is 8.39. The number of fused-ring (bicyclic) bond motifs is 10. The molecule has 0 aliphatic carbocycles. The molecule has 0 N–H and O–H groups in total. The van der Waals surface area contributed by atoms with E-state index < -0.39 is 7.14 Å². The van der Waals surface area contributed by atoms with Crippen LogP contribution in [-0.2, 0) is 4.57 Å². The summed E-state index contributed by atoms with van der Waals surface area (Å²) in [7, 11) is -3.13. The minimum Gasteiger partial charge on any atom is -0.309 e. The van der Waals surface area contributed by atoms with Gasteiger partial charge in [-0.3, -0.25) is 4.40 Å². The lowest BCUT2D eigenvalue weighted by molar-refractivity contribution is 0.592. The van der Waals surface area contributed by atoms with Crippen molar-refractivity contribution in [1.82, 2.24) is 9.38 Å². The first-order valence-corrected chi connectivity index (χ1v) is 14.8. The summed E-state index contributed by atoms with van der Waals surface area (Å²) in [6.45, 7) is 0. The maximum absolute atomic E-state index is 15.2. The Morgan fingerprint density at radius 3 is 1.92 bits per heavy atom. The van der Waals surface area contributed by atoms with E-state index in [1.165, 1.54) is 10.8 Å². The number of benzene rings is 6. The molecule has 8 aromatic rings. The predicted octanol–water partition coefficient (Wildman–Crippen LogP) is 7.59. The number of rotatable bonds is 3. The summed E-state index contributed by atoms with van der Waals surface area (Å²) < 4.78 is 17.5. The highest BCUT2D eigenvalue weighted by molar-refractivity contribution is 7.85. The first-order valence-electron chi connectivity index (χ1n) is 13.1. The van der Waals surface area contributed by atoms with Gasteiger partial charge in [0, 0.05) is 26.7 Å². The van der Waals surface area contributed by atoms with E-state index in [2.05, 4.69) is 77.2 Å². The van der Waals surface area contributed by atoms with Crippen LogP contribution in [0.3, 0.4) is 0 Å². The number of aromatic nitrogens is 2. The lowest BCUT2D eigenvalue weighted by Gasteiger charge is -2.21. The smallest absolute Gasteiger partial charge is 0.171 e. The molecule has 0 atom stereocenters. The molecule has 0 aliphatic heterocycles. The maximum Gasteiger partial charge on any atom is 0.171 e. The van der Waals surface area contributed by atoms with E-state index in [1.54, 1.807) is 0 Å². The number of nitrogens with zero attached hydrogens (tertiary/aromatic N) is 2. The Labute approximate surface area is 225 Å². The number of para-hydroxylation sites is 2. The summed E-state index contributed by atoms with van der Waals surface area (Å²) >= 11 is 0. The normalized spacial score (nSPS) is 12.2. The quantitative estimate of drug-likeness (QED) is 0.178. The van der Waals surface area contributed by atoms with Crippen LogP contribution >= 0.6 is 7.14 Å². The Morgan fingerprint density at radius 2 is 1.15 bits per heavy atom. The lowest BCUT2D eigenvalue weighted by atomic mass is 9.99. The third-order valence-electron chi connectivity index (χ3n) is 7.83. The molecular weight excluding hydrogens is 495 g/mol. The third kappa shape index (κ3) is 3.17. The molecule has 3 nitrogen and oxygen atoms in total. The Balaban J connectivity index is 1.56. The molecular formula is C35H23N2OP. The molecule has 8 rings (SSSR count). The van der Waals surface area contributed by atoms with E-state index in [-0.39, 0.29) is 0 Å². The van der Waals surface area contributed by atoms with Crippen molar-refractivity contribution in [3.05, 3.63) is 140 Å². The zero-order valence-corrected chi connectivity index (χ0v) is 21.9. The molecule has 6 aromatic carbocycles. The lowest BCUT2D eigenvalue weighted by Crippen LogP contribution is -2.25. The molecule has 0 bridgehead atoms. The van der Waals surface area contributed by atoms with E-state index >= 15 is 4.57 Å². The largest absolute Gasteiger partial charge is 0.309 e. The number of imidazole rings is 1. The van der Waals surface area contributed by atoms with Gasteiger partial charge in [-0.05, 0) is 34.4 Å². The van der Waals surface area contributed by atoms with Gasteiger partial charge in [0.25, 0.3) is 0 Å². The molecule has 0 aliphatic rings. The first-order chi connectivity index (χ1) is 19.2. The van der Waals surface area contributed by atoms with Crippen molar-refractivity contribution in [1.29, 1.82) is 0 Å². The first kappa shape index (κ1) is 22.3. The van der Waals surface area contributed by atoms with Crippen molar-refractivity contribution >= 4 is 72.2 Å². The zero-order valence-electron chi connectivity index (χ0n) is 21.0. The van der Waals surface area contributed by atoms with Gasteiger partial charge in [-0.1, -0.05) is 121 Å². The second-order valence-corrected chi connectivity index (χ2v) is 12.7. The Kier molecular flexibility index (Phi) is 4.79. The summed E-state index contributed by atoms with van der Waals surface area (Å²) in [5.41, 5.74) is 3.91. The highest BCUT2D eigenvalue weighted by Gasteiger charge is 2.30. The Bertz CT molecular complexity index is 2210. The molecule has 39 heavy (non-hydrogen) atoms. The van der Waals surface area contributed by atoms with Crippen LogP contribution in [0.15, 0.2) is 140 Å². The minimum absolute atomic E-state index is 0.812. The molecule has 4 heteroatoms. The molecule has 0 radical (unpaired) electrons. The molecule has 2 aromatic heterocycles. The van der Waals surface area contributed by atoms with Gasteiger partial charge in [0.2, 0.25) is 0 Å². The van der Waals surface area contributed by atoms with Crippen molar-refractivity contribution in [2.45, 2.75) is 0 Å². The maximum atomic E-state index is 15.2. The fourth-order valence-corrected chi connectivity index (χ4v) is 8.69. The molecule has 2 heterocycles. The summed E-state index contributed by atoms with van der Waals surface area (Å²) in [6, 6.07) is 47.2. The van der Waals surface area contributed by atoms with Crippen LogP contribution in [0.5, 0.6) is 0 Å². The van der Waals surface area contributed by atoms with Crippen LogP contribution in [0.25, 0.3) is 49.1 Å². The molecule has 0 fully saturated rings. The van der Waals surface area contributed by atoms with Crippen molar-refractivity contribution < 1.29 is 4.57 Å². The van der Waals surface area contributed by atoms with E-state index in [9.17, 15) is 0 Å². The summed E-state index contributed by atoms with van der Waals surface area (Å²) in [4.78, 5) is 5.15. The summed E-state index contributed by atoms with van der Waals surface area (Å²) in [6.07, 6.45) is 0. The van der Waals surface area contributed by atoms with Crippen molar-refractivity contribution in [2.24, 2.45) is 0 Å². The second-order valence-electron chi connectivity index (χ2n) is 9.95. The molecule has 0 unspecified atom stereocenters. The van der Waals surface area contributed by atoms with Crippen LogP contribution in [-0.4, -0.2) is 9.38 Å². The number of hydrogen-bond donors (Lipinski definition) is 0. The highest BCUT2D eigenvalue weighted by Crippen LogP contribution is 2.44. The van der Waals surface area contributed by atoms with Gasteiger partial charge >= 0.3 is 0 Å². The number of hydrogen-bond acceptors (Lipinski definition) is 2. The van der Waals surface area contributed by atoms with E-state index in [1.807, 2.05) is 66.7 Å². The van der Waals surface area contributed by atoms with E-state index in [4.69, 9.17) is 4.98 Å². The van der Waals surface area contributed by atoms with Gasteiger partial charge < -0.3 is 4.57 Å². The average Bonchev–Trinajstić information content (AvgIpc) is 3.41. The molecule has 0 saturated carbocycles. The monoisotopic (exact) mass is 518 g/mol. The van der Waals surface area contributed by atoms with Gasteiger partial charge in [0.05, 0.1) is 16.6 Å². The van der Waals surface area contributed by atoms with Crippen molar-refractivity contribution in [3.8, 4) is 0 Å². The van der Waals surface area contributed by atoms with Crippen molar-refractivity contribution in [2.75, 3.05) is 0 Å². The molecule has 0 spiro atoms. The van der Waals surface area contributed by atoms with Crippen molar-refractivity contribution in [3.63, 3.8) is 0 Å². The molecule has 0 saturated heterocycles. The average molecular weight is 519 g/mol. The van der Waals surface area contributed by atoms with Gasteiger partial charge in [-0.25, -0.2) is 4.98 Å². The van der Waals surface area contributed by atoms with Gasteiger partial charge in [-0.15, -0.1) is 0 Å². The van der Waals surface area contributed by atoms with Crippen LogP contribution in [0.2, 0.25) is 0 Å². The molecule has 184 valence electrons. The van der Waals surface area contributed by atoms with Crippen LogP contribution in [0, 0.1) is 0 Å². The van der Waals surface area contributed by atoms with Gasteiger partial charge in [0.15, 0.2) is 7.14 Å². The standard InChI is InChI=1S/C35H23N2OP/c38-39(25-12-3-1-4-13-25,26-14-5-2-6-15-26)27-20-22-29-30-21-19-24-11-7-8-16-28(24)34(30)35-36-31-17-9-10-18-32(31)37(35)33(29)23-27/h1-23H. The topological polar surface area (TPSA) is 34.4 Å². The van der Waals surface area contributed by atoms with Crippen LogP contribution in [0.4, 0.5) is 0 Å². The SMILES string of the molecule is O=P(c1ccccc1)(c1ccccc1)c1ccc2c3ccc4ccccc4c3c3nc4ccccc4n3c2c1. The summed E-state index contributed by atoms with van der Waals surface area (Å²) in [5.74, 6) is 0. The van der Waals surface area contributed by atoms with E-state index in [0.29, 0.717) is 0 Å². The predicted molar refractivity (Wildman–Crippen MR) is 165 cm³/mol.